The van der Waals surface area contributed by atoms with Gasteiger partial charge in [0.25, 0.3) is 0 Å². The summed E-state index contributed by atoms with van der Waals surface area (Å²) in [5, 5.41) is 3.18. The summed E-state index contributed by atoms with van der Waals surface area (Å²) in [5.74, 6) is 0. The van der Waals surface area contributed by atoms with Crippen molar-refractivity contribution in [3.8, 4) is 0 Å². The lowest BCUT2D eigenvalue weighted by atomic mass is 10.1. The molecule has 1 aliphatic heterocycles. The van der Waals surface area contributed by atoms with Crippen LogP contribution in [0.4, 0.5) is 0 Å². The van der Waals surface area contributed by atoms with E-state index in [1.54, 1.807) is 34.5 Å². The van der Waals surface area contributed by atoms with E-state index in [0.717, 1.165) is 0 Å². The minimum Gasteiger partial charge on any atom is -0.461 e. The summed E-state index contributed by atoms with van der Waals surface area (Å²) < 4.78 is 40.8. The molecule has 0 N–H and O–H groups in total. The zero-order chi connectivity index (χ0) is 52.4. The van der Waals surface area contributed by atoms with Crippen molar-refractivity contribution in [2.45, 2.75) is 246 Å². The van der Waals surface area contributed by atoms with Crippen LogP contribution in [-0.2, 0) is 28.8 Å². The van der Waals surface area contributed by atoms with E-state index in [1.807, 2.05) is 13.1 Å². The van der Waals surface area contributed by atoms with Gasteiger partial charge in [0, 0.05) is 35.2 Å². The Labute approximate surface area is 439 Å². The number of unbranched alkanes of at least 4 members (excludes halogenated alkanes) is 5. The van der Waals surface area contributed by atoms with Gasteiger partial charge in [0.1, 0.15) is 0 Å². The zero-order valence-corrected chi connectivity index (χ0v) is 66.5. The van der Waals surface area contributed by atoms with Crippen LogP contribution in [-0.4, -0.2) is 133 Å². The average Bonchev–Trinajstić information content (AvgIpc) is 3.09. The predicted octanol–water partition coefficient (Wildman–Crippen LogP) is 11.2. The normalized spacial score (nSPS) is 17.1. The number of rotatable bonds is 20. The Hall–Kier alpha value is 2.19. The molecule has 0 bridgehead atoms. The highest BCUT2D eigenvalue weighted by molar-refractivity contribution is 6.84. The summed E-state index contributed by atoms with van der Waals surface area (Å²) in [6, 6.07) is 15.6. The average molecular weight is 1180 g/mol. The topological polar surface area (TPSA) is 64.6 Å². The van der Waals surface area contributed by atoms with Crippen LogP contribution >= 0.6 is 0 Å². The molecule has 0 atom stereocenters. The smallest absolute Gasteiger partial charge is 0.313 e. The van der Waals surface area contributed by atoms with Crippen LogP contribution in [0, 0.1) is 0 Å². The van der Waals surface area contributed by atoms with E-state index in [-0.39, 0.29) is 35.2 Å². The van der Waals surface area contributed by atoms with Crippen molar-refractivity contribution >= 4 is 144 Å². The first-order valence-corrected chi connectivity index (χ1v) is 68.9. The molecule has 0 unspecified atom stereocenters. The van der Waals surface area contributed by atoms with Gasteiger partial charge in [0.2, 0.25) is 0 Å². The molecular formula is C44H120O7Si15. The second-order valence-corrected chi connectivity index (χ2v) is 68.4. The first-order valence-electron chi connectivity index (χ1n) is 26.8. The van der Waals surface area contributed by atoms with Gasteiger partial charge in [-0.2, -0.15) is 0 Å². The molecule has 1 heterocycles. The fourth-order valence-corrected chi connectivity index (χ4v) is 46.3. The Morgan fingerprint density at radius 1 is 0.409 bits per heavy atom. The minimum absolute atomic E-state index is 0.192. The number of benzene rings is 1. The lowest BCUT2D eigenvalue weighted by Gasteiger charge is -2.38. The van der Waals surface area contributed by atoms with Gasteiger partial charge in [-0.05, 0) is 105 Å². The van der Waals surface area contributed by atoms with E-state index in [1.165, 1.54) is 38.5 Å². The summed E-state index contributed by atoms with van der Waals surface area (Å²) in [6.07, 6.45) is 9.04. The van der Waals surface area contributed by atoms with Crippen molar-refractivity contribution in [1.29, 1.82) is 0 Å². The summed E-state index contributed by atoms with van der Waals surface area (Å²) in [7, 11) is -13.9. The van der Waals surface area contributed by atoms with E-state index in [4.69, 9.17) is 28.8 Å². The molecule has 1 aromatic carbocycles. The van der Waals surface area contributed by atoms with Crippen molar-refractivity contribution in [2.75, 3.05) is 0 Å². The van der Waals surface area contributed by atoms with Crippen molar-refractivity contribution in [3.63, 3.8) is 0 Å². The largest absolute Gasteiger partial charge is 0.461 e. The Kier molecular flexibility index (Phi) is 48.2. The van der Waals surface area contributed by atoms with E-state index >= 15 is 0 Å². The molecule has 22 heteroatoms. The van der Waals surface area contributed by atoms with Crippen molar-refractivity contribution in [3.05, 3.63) is 24.3 Å². The van der Waals surface area contributed by atoms with Crippen LogP contribution in [0.1, 0.15) is 38.5 Å². The Morgan fingerprint density at radius 3 is 0.833 bits per heavy atom. The molecule has 66 heavy (non-hydrogen) atoms. The van der Waals surface area contributed by atoms with Crippen molar-refractivity contribution in [2.24, 2.45) is 0 Å². The molecule has 0 saturated carbocycles. The lowest BCUT2D eigenvalue weighted by molar-refractivity contribution is 0.266. The molecule has 0 amide bonds. The second-order valence-electron chi connectivity index (χ2n) is 23.2. The monoisotopic (exact) mass is 1180 g/mol. The number of hydrogen-bond donors (Lipinski definition) is 0. The summed E-state index contributed by atoms with van der Waals surface area (Å²) in [4.78, 5) is 0. The van der Waals surface area contributed by atoms with Gasteiger partial charge < -0.3 is 28.8 Å². The van der Waals surface area contributed by atoms with Crippen LogP contribution in [0.2, 0.25) is 207 Å². The molecule has 1 saturated heterocycles. The lowest BCUT2D eigenvalue weighted by Crippen LogP contribution is -2.55. The molecule has 0 radical (unpaired) electrons. The SMILES string of the molecule is C[SiH](C)CCCCCCCC[SiH](C)C.C[SiH](C)CC[SiH](C)C.C[SiH](C)O[SiH](C)C.C[SiH](C)O[Si](C)(C)O[SiH](C)C.C[SiH](C)c1ccc([SiH](C)C)cc1.C[SiH]1O[Si](C)(C)O[SiH](C)O[Si](C)(C)O1. The van der Waals surface area contributed by atoms with Gasteiger partial charge in [-0.15, -0.1) is 0 Å². The van der Waals surface area contributed by atoms with Crippen molar-refractivity contribution in [1.82, 2.24) is 0 Å². The molecule has 0 aliphatic carbocycles. The van der Waals surface area contributed by atoms with Crippen molar-refractivity contribution < 1.29 is 28.8 Å². The van der Waals surface area contributed by atoms with Gasteiger partial charge >= 0.3 is 44.3 Å². The quantitative estimate of drug-likeness (QED) is 0.0952. The third-order valence-electron chi connectivity index (χ3n) is 9.79. The Balaban J connectivity index is -0.000000355. The third kappa shape index (κ3) is 57.1. The number of hydrogen-bond acceptors (Lipinski definition) is 7. The van der Waals surface area contributed by atoms with Gasteiger partial charge in [0.15, 0.2) is 36.2 Å². The molecular weight excluding hydrogens is 1060 g/mol. The second kappa shape index (κ2) is 42.5. The standard InChI is InChI=1S/C12H30Si2.C10H18Si2.C6H20O4Si4.C6H20O2Si3.C6H18Si2.C4H14OSi2/c1-13(2)11-9-7-5-6-8-10-12-14(3)4;1-11(2)9-5-7-10(8-6-9)12(3)4;1-11-7-13(3,4)9-12(2)10-14(5,6)8-11;1-9(2)7-11(5,6)8-10(3)4;1-7(2)5-6-8(3)4;1-6(2)5-7(3)4/h13-14H,5-12H2,1-4H3;5-8,11-12H,1-4H3;11-12H,1-6H3;9-10H,1-6H3;7-8H,5-6H2,1-4H3;6-7H,1-4H3. The van der Waals surface area contributed by atoms with E-state index in [9.17, 15) is 0 Å². The summed E-state index contributed by atoms with van der Waals surface area (Å²) in [6.45, 7) is 63.4. The molecule has 0 aromatic heterocycles. The van der Waals surface area contributed by atoms with Gasteiger partial charge in [-0.1, -0.05) is 176 Å². The molecule has 2 rings (SSSR count). The summed E-state index contributed by atoms with van der Waals surface area (Å²) >= 11 is 0. The molecule has 1 aliphatic rings. The molecule has 1 fully saturated rings. The molecule has 1 aromatic rings. The van der Waals surface area contributed by atoms with Gasteiger partial charge in [-0.3, -0.25) is 0 Å². The maximum Gasteiger partial charge on any atom is 0.313 e. The van der Waals surface area contributed by atoms with Crippen LogP contribution in [0.3, 0.4) is 0 Å². The van der Waals surface area contributed by atoms with Crippen LogP contribution in [0.5, 0.6) is 0 Å². The van der Waals surface area contributed by atoms with E-state index in [0.29, 0.717) is 0 Å². The fourth-order valence-electron chi connectivity index (χ4n) is 7.15. The van der Waals surface area contributed by atoms with Crippen LogP contribution in [0.15, 0.2) is 24.3 Å². The Morgan fingerprint density at radius 2 is 0.652 bits per heavy atom. The van der Waals surface area contributed by atoms with Crippen LogP contribution < -0.4 is 10.4 Å². The Bertz CT molecular complexity index is 1120. The maximum atomic E-state index is 5.91. The first kappa shape index (κ1) is 74.7. The predicted molar refractivity (Wildman–Crippen MR) is 347 cm³/mol. The maximum absolute atomic E-state index is 5.91. The first-order chi connectivity index (χ1) is 30.0. The minimum atomic E-state index is -1.97. The zero-order valence-electron chi connectivity index (χ0n) is 49.7. The van der Waals surface area contributed by atoms with E-state index in [2.05, 4.69) is 194 Å². The third-order valence-corrected chi connectivity index (χ3v) is 47.1. The molecule has 7 nitrogen and oxygen atoms in total. The molecule has 398 valence electrons. The highest BCUT2D eigenvalue weighted by Crippen LogP contribution is 2.20. The van der Waals surface area contributed by atoms with E-state index < -0.39 is 98.0 Å². The van der Waals surface area contributed by atoms with Gasteiger partial charge in [0.05, 0.1) is 17.6 Å². The van der Waals surface area contributed by atoms with Crippen LogP contribution in [0.25, 0.3) is 0 Å². The molecule has 0 spiro atoms. The highest BCUT2D eigenvalue weighted by Gasteiger charge is 2.40. The highest BCUT2D eigenvalue weighted by atomic mass is 28.5. The summed E-state index contributed by atoms with van der Waals surface area (Å²) in [5.41, 5.74) is 0. The van der Waals surface area contributed by atoms with Gasteiger partial charge in [-0.25, -0.2) is 0 Å². The fraction of sp³-hybridized carbons (Fsp3) is 0.864.